The van der Waals surface area contributed by atoms with Crippen LogP contribution in [0, 0.1) is 0 Å². The number of rotatable bonds is 9. The monoisotopic (exact) mass is 315 g/mol. The van der Waals surface area contributed by atoms with Crippen LogP contribution in [0.15, 0.2) is 53.3 Å². The highest BCUT2D eigenvalue weighted by molar-refractivity contribution is 5.86. The molecular weight excluding hydrogens is 294 g/mol. The van der Waals surface area contributed by atoms with Crippen LogP contribution in [0.25, 0.3) is 0 Å². The average Bonchev–Trinajstić information content (AvgIpc) is 3.05. The van der Waals surface area contributed by atoms with Crippen molar-refractivity contribution in [2.75, 3.05) is 6.54 Å². The molecule has 1 heterocycles. The molecule has 2 aromatic rings. The minimum Gasteiger partial charge on any atom is -0.472 e. The molecule has 0 aliphatic rings. The molecule has 1 atom stereocenters. The lowest BCUT2D eigenvalue weighted by Crippen LogP contribution is -2.46. The summed E-state index contributed by atoms with van der Waals surface area (Å²) >= 11 is 0. The van der Waals surface area contributed by atoms with Gasteiger partial charge in [0.1, 0.15) is 6.04 Å². The molecule has 2 amide bonds. The van der Waals surface area contributed by atoms with E-state index in [1.54, 1.807) is 12.5 Å². The number of carbonyl (C=O) groups excluding carboxylic acids is 2. The summed E-state index contributed by atoms with van der Waals surface area (Å²) in [4.78, 5) is 23.4. The second-order valence-corrected chi connectivity index (χ2v) is 5.27. The van der Waals surface area contributed by atoms with Gasteiger partial charge in [0.2, 0.25) is 11.8 Å². The zero-order chi connectivity index (χ0) is 16.5. The quantitative estimate of drug-likeness (QED) is 0.601. The Bertz CT molecular complexity index is 611. The molecule has 0 spiro atoms. The SMILES string of the molecule is NC(=O)[C@H](Cc1ccccc1)NC(=O)CCNCc1ccoc1. The van der Waals surface area contributed by atoms with E-state index in [-0.39, 0.29) is 12.3 Å². The molecule has 1 aromatic carbocycles. The van der Waals surface area contributed by atoms with E-state index in [2.05, 4.69) is 10.6 Å². The maximum atomic E-state index is 11.9. The predicted octanol–water partition coefficient (Wildman–Crippen LogP) is 0.972. The van der Waals surface area contributed by atoms with E-state index in [0.29, 0.717) is 19.5 Å². The molecule has 1 aromatic heterocycles. The van der Waals surface area contributed by atoms with Gasteiger partial charge in [0.05, 0.1) is 12.5 Å². The number of nitrogens with two attached hydrogens (primary N) is 1. The van der Waals surface area contributed by atoms with Gasteiger partial charge in [-0.25, -0.2) is 0 Å². The summed E-state index contributed by atoms with van der Waals surface area (Å²) in [5.74, 6) is -0.738. The second-order valence-electron chi connectivity index (χ2n) is 5.27. The Kier molecular flexibility index (Phi) is 6.38. The van der Waals surface area contributed by atoms with Crippen molar-refractivity contribution in [3.05, 3.63) is 60.1 Å². The Balaban J connectivity index is 1.73. The molecule has 4 N–H and O–H groups in total. The first-order valence-corrected chi connectivity index (χ1v) is 7.49. The summed E-state index contributed by atoms with van der Waals surface area (Å²) in [6.45, 7) is 1.14. The molecule has 0 unspecified atom stereocenters. The van der Waals surface area contributed by atoms with E-state index in [9.17, 15) is 9.59 Å². The smallest absolute Gasteiger partial charge is 0.240 e. The lowest BCUT2D eigenvalue weighted by molar-refractivity contribution is -0.127. The van der Waals surface area contributed by atoms with E-state index in [4.69, 9.17) is 10.2 Å². The molecule has 6 heteroatoms. The van der Waals surface area contributed by atoms with Crippen molar-refractivity contribution in [1.29, 1.82) is 0 Å². The van der Waals surface area contributed by atoms with Crippen molar-refractivity contribution in [2.24, 2.45) is 5.73 Å². The van der Waals surface area contributed by atoms with Gasteiger partial charge < -0.3 is 20.8 Å². The Morgan fingerprint density at radius 1 is 1.13 bits per heavy atom. The number of hydrogen-bond donors (Lipinski definition) is 3. The third-order valence-electron chi connectivity index (χ3n) is 3.40. The third kappa shape index (κ3) is 5.96. The first kappa shape index (κ1) is 16.8. The van der Waals surface area contributed by atoms with Crippen LogP contribution in [-0.4, -0.2) is 24.4 Å². The number of carbonyl (C=O) groups is 2. The predicted molar refractivity (Wildman–Crippen MR) is 86.3 cm³/mol. The number of amides is 2. The van der Waals surface area contributed by atoms with Crippen LogP contribution in [0.2, 0.25) is 0 Å². The Labute approximate surface area is 135 Å². The first-order chi connectivity index (χ1) is 11.1. The van der Waals surface area contributed by atoms with E-state index in [0.717, 1.165) is 11.1 Å². The number of primary amides is 1. The van der Waals surface area contributed by atoms with Crippen LogP contribution in [0.3, 0.4) is 0 Å². The first-order valence-electron chi connectivity index (χ1n) is 7.49. The summed E-state index contributed by atoms with van der Waals surface area (Å²) in [6.07, 6.45) is 3.92. The van der Waals surface area contributed by atoms with Crippen molar-refractivity contribution in [3.8, 4) is 0 Å². The van der Waals surface area contributed by atoms with Crippen molar-refractivity contribution in [2.45, 2.75) is 25.4 Å². The summed E-state index contributed by atoms with van der Waals surface area (Å²) < 4.78 is 4.96. The highest BCUT2D eigenvalue weighted by Gasteiger charge is 2.18. The largest absolute Gasteiger partial charge is 0.472 e. The fourth-order valence-electron chi connectivity index (χ4n) is 2.17. The van der Waals surface area contributed by atoms with Gasteiger partial charge in [-0.05, 0) is 11.6 Å². The number of furan rings is 1. The standard InChI is InChI=1S/C17H21N3O3/c18-17(22)15(10-13-4-2-1-3-5-13)20-16(21)6-8-19-11-14-7-9-23-12-14/h1-5,7,9,12,15,19H,6,8,10-11H2,(H2,18,22)(H,20,21)/t15-/m0/s1. The maximum absolute atomic E-state index is 11.9. The summed E-state index contributed by atoms with van der Waals surface area (Å²) in [5, 5.41) is 5.82. The topological polar surface area (TPSA) is 97.4 Å². The van der Waals surface area contributed by atoms with Gasteiger partial charge in [-0.15, -0.1) is 0 Å². The Morgan fingerprint density at radius 2 is 1.91 bits per heavy atom. The average molecular weight is 315 g/mol. The molecule has 0 radical (unpaired) electrons. The molecule has 0 fully saturated rings. The van der Waals surface area contributed by atoms with Crippen LogP contribution in [0.5, 0.6) is 0 Å². The van der Waals surface area contributed by atoms with Crippen LogP contribution in [0.4, 0.5) is 0 Å². The molecule has 0 bridgehead atoms. The molecule has 0 aliphatic carbocycles. The normalized spacial score (nSPS) is 11.8. The third-order valence-corrected chi connectivity index (χ3v) is 3.40. The highest BCUT2D eigenvalue weighted by atomic mass is 16.3. The lowest BCUT2D eigenvalue weighted by Gasteiger charge is -2.15. The van der Waals surface area contributed by atoms with E-state index < -0.39 is 11.9 Å². The fourth-order valence-corrected chi connectivity index (χ4v) is 2.17. The molecule has 122 valence electrons. The van der Waals surface area contributed by atoms with E-state index in [1.165, 1.54) is 0 Å². The van der Waals surface area contributed by atoms with Crippen molar-refractivity contribution >= 4 is 11.8 Å². The van der Waals surface area contributed by atoms with Gasteiger partial charge in [-0.3, -0.25) is 9.59 Å². The molecule has 23 heavy (non-hydrogen) atoms. The van der Waals surface area contributed by atoms with Crippen molar-refractivity contribution in [1.82, 2.24) is 10.6 Å². The van der Waals surface area contributed by atoms with Crippen molar-refractivity contribution < 1.29 is 14.0 Å². The highest BCUT2D eigenvalue weighted by Crippen LogP contribution is 2.03. The van der Waals surface area contributed by atoms with Gasteiger partial charge in [0.15, 0.2) is 0 Å². The number of hydrogen-bond acceptors (Lipinski definition) is 4. The van der Waals surface area contributed by atoms with Crippen molar-refractivity contribution in [3.63, 3.8) is 0 Å². The van der Waals surface area contributed by atoms with Gasteiger partial charge in [0, 0.05) is 31.5 Å². The maximum Gasteiger partial charge on any atom is 0.240 e. The molecule has 0 saturated carbocycles. The zero-order valence-corrected chi connectivity index (χ0v) is 12.8. The number of nitrogens with one attached hydrogen (secondary N) is 2. The van der Waals surface area contributed by atoms with Crippen LogP contribution in [0.1, 0.15) is 17.5 Å². The van der Waals surface area contributed by atoms with Crippen LogP contribution >= 0.6 is 0 Å². The zero-order valence-electron chi connectivity index (χ0n) is 12.8. The van der Waals surface area contributed by atoms with Crippen LogP contribution < -0.4 is 16.4 Å². The van der Waals surface area contributed by atoms with Gasteiger partial charge in [0.25, 0.3) is 0 Å². The molecule has 0 saturated heterocycles. The second kappa shape index (κ2) is 8.75. The summed E-state index contributed by atoms with van der Waals surface area (Å²) in [6, 6.07) is 10.6. The van der Waals surface area contributed by atoms with Crippen LogP contribution in [-0.2, 0) is 22.6 Å². The van der Waals surface area contributed by atoms with E-state index >= 15 is 0 Å². The minimum absolute atomic E-state index is 0.204. The Hall–Kier alpha value is -2.60. The summed E-state index contributed by atoms with van der Waals surface area (Å²) in [7, 11) is 0. The molecular formula is C17H21N3O3. The molecule has 0 aliphatic heterocycles. The molecule has 6 nitrogen and oxygen atoms in total. The van der Waals surface area contributed by atoms with E-state index in [1.807, 2.05) is 36.4 Å². The fraction of sp³-hybridized carbons (Fsp3) is 0.294. The number of benzene rings is 1. The lowest BCUT2D eigenvalue weighted by atomic mass is 10.1. The minimum atomic E-state index is -0.696. The van der Waals surface area contributed by atoms with Gasteiger partial charge >= 0.3 is 0 Å². The van der Waals surface area contributed by atoms with Gasteiger partial charge in [-0.1, -0.05) is 30.3 Å². The van der Waals surface area contributed by atoms with Gasteiger partial charge in [-0.2, -0.15) is 0 Å². The molecule has 2 rings (SSSR count). The Morgan fingerprint density at radius 3 is 2.57 bits per heavy atom. The summed E-state index contributed by atoms with van der Waals surface area (Å²) in [5.41, 5.74) is 7.34.